The van der Waals surface area contributed by atoms with E-state index in [0.717, 1.165) is 0 Å². The molecule has 1 atom stereocenters. The first kappa shape index (κ1) is 26.4. The number of carbonyl (C=O) groups is 1. The molecule has 3 rings (SSSR count). The minimum Gasteiger partial charge on any atom is -0.496 e. The number of carbonyl (C=O) groups excluding carboxylic acids is 1. The number of methoxy groups -OCH3 is 1. The molecule has 35 heavy (non-hydrogen) atoms. The summed E-state index contributed by atoms with van der Waals surface area (Å²) in [6.07, 6.45) is -6.64. The molecule has 188 valence electrons. The minimum absolute atomic E-state index is 0.0485. The van der Waals surface area contributed by atoms with Gasteiger partial charge >= 0.3 is 12.3 Å². The van der Waals surface area contributed by atoms with Crippen molar-refractivity contribution < 1.29 is 32.5 Å². The standard InChI is InChI=1S/C24H25ClF3N3O4/c1-22(2,16-9-7-14(25)11-19(16)34-3)12-23(33,24(26,27)28)13-30-17-5-4-6-18-15(17)8-10-20(31-18)35-21(29)32/h4-11,30,33H,12-13H2,1-3H3,(H2,29,32). The number of aliphatic hydroxyl groups is 1. The largest absolute Gasteiger partial charge is 0.496 e. The van der Waals surface area contributed by atoms with Crippen LogP contribution in [0.2, 0.25) is 5.02 Å². The normalized spacial score (nSPS) is 13.8. The van der Waals surface area contributed by atoms with Crippen LogP contribution in [0.4, 0.5) is 23.7 Å². The number of hydrogen-bond donors (Lipinski definition) is 3. The van der Waals surface area contributed by atoms with Crippen molar-refractivity contribution in [2.24, 2.45) is 5.73 Å². The number of nitrogens with two attached hydrogens (primary N) is 1. The van der Waals surface area contributed by atoms with Gasteiger partial charge in [-0.15, -0.1) is 0 Å². The number of halogens is 4. The van der Waals surface area contributed by atoms with Crippen LogP contribution in [0.1, 0.15) is 25.8 Å². The first-order valence-corrected chi connectivity index (χ1v) is 10.9. The molecule has 0 aliphatic heterocycles. The fourth-order valence-electron chi connectivity index (χ4n) is 4.01. The second-order valence-corrected chi connectivity index (χ2v) is 9.17. The van der Waals surface area contributed by atoms with Crippen LogP contribution in [0.3, 0.4) is 0 Å². The first-order valence-electron chi connectivity index (χ1n) is 10.5. The van der Waals surface area contributed by atoms with Gasteiger partial charge in [0, 0.05) is 22.2 Å². The minimum atomic E-state index is -4.94. The summed E-state index contributed by atoms with van der Waals surface area (Å²) in [5.74, 6) is 0.279. The highest BCUT2D eigenvalue weighted by Gasteiger charge is 2.56. The second kappa shape index (κ2) is 9.79. The Labute approximate surface area is 205 Å². The smallest absolute Gasteiger partial charge is 0.418 e. The van der Waals surface area contributed by atoms with Crippen molar-refractivity contribution in [1.82, 2.24) is 4.98 Å². The van der Waals surface area contributed by atoms with Crippen LogP contribution in [0.5, 0.6) is 11.6 Å². The van der Waals surface area contributed by atoms with Crippen molar-refractivity contribution in [3.63, 3.8) is 0 Å². The van der Waals surface area contributed by atoms with E-state index in [1.54, 1.807) is 44.2 Å². The molecule has 11 heteroatoms. The molecule has 7 nitrogen and oxygen atoms in total. The number of anilines is 1. The third kappa shape index (κ3) is 5.88. The second-order valence-electron chi connectivity index (χ2n) is 8.73. The number of ether oxygens (including phenoxy) is 2. The van der Waals surface area contributed by atoms with Gasteiger partial charge in [0.1, 0.15) is 5.75 Å². The molecule has 0 aliphatic carbocycles. The van der Waals surface area contributed by atoms with Crippen molar-refractivity contribution in [3.8, 4) is 11.6 Å². The number of nitrogens with zero attached hydrogens (tertiary/aromatic N) is 1. The number of pyridine rings is 1. The van der Waals surface area contributed by atoms with Gasteiger partial charge in [0.15, 0.2) is 5.60 Å². The van der Waals surface area contributed by atoms with Crippen LogP contribution in [0, 0.1) is 0 Å². The molecule has 0 saturated heterocycles. The predicted octanol–water partition coefficient (Wildman–Crippen LogP) is 5.43. The predicted molar refractivity (Wildman–Crippen MR) is 127 cm³/mol. The Morgan fingerprint density at radius 3 is 2.51 bits per heavy atom. The zero-order valence-corrected chi connectivity index (χ0v) is 20.0. The molecule has 0 radical (unpaired) electrons. The van der Waals surface area contributed by atoms with Gasteiger partial charge in [0.2, 0.25) is 5.88 Å². The van der Waals surface area contributed by atoms with Crippen LogP contribution >= 0.6 is 11.6 Å². The van der Waals surface area contributed by atoms with E-state index in [2.05, 4.69) is 10.3 Å². The zero-order valence-electron chi connectivity index (χ0n) is 19.2. The van der Waals surface area contributed by atoms with Crippen molar-refractivity contribution in [3.05, 3.63) is 59.1 Å². The van der Waals surface area contributed by atoms with Crippen LogP contribution in [-0.4, -0.2) is 41.6 Å². The van der Waals surface area contributed by atoms with Crippen molar-refractivity contribution in [2.75, 3.05) is 19.0 Å². The molecule has 4 N–H and O–H groups in total. The molecule has 0 fully saturated rings. The monoisotopic (exact) mass is 511 g/mol. The van der Waals surface area contributed by atoms with Crippen LogP contribution < -0.4 is 20.5 Å². The third-order valence-corrected chi connectivity index (χ3v) is 5.87. The summed E-state index contributed by atoms with van der Waals surface area (Å²) < 4.78 is 52.6. The van der Waals surface area contributed by atoms with Crippen molar-refractivity contribution >= 4 is 34.3 Å². The molecule has 1 amide bonds. The van der Waals surface area contributed by atoms with Crippen LogP contribution in [0.15, 0.2) is 48.5 Å². The summed E-state index contributed by atoms with van der Waals surface area (Å²) in [5.41, 5.74) is 1.91. The van der Waals surface area contributed by atoms with Gasteiger partial charge in [-0.2, -0.15) is 13.2 Å². The van der Waals surface area contributed by atoms with E-state index in [1.807, 2.05) is 0 Å². The molecule has 0 spiro atoms. The Kier molecular flexibility index (Phi) is 7.37. The maximum Gasteiger partial charge on any atom is 0.418 e. The highest BCUT2D eigenvalue weighted by atomic mass is 35.5. The van der Waals surface area contributed by atoms with E-state index in [1.165, 1.54) is 25.3 Å². The van der Waals surface area contributed by atoms with Crippen LogP contribution in [-0.2, 0) is 5.41 Å². The fourth-order valence-corrected chi connectivity index (χ4v) is 4.17. The SMILES string of the molecule is COc1cc(Cl)ccc1C(C)(C)CC(O)(CNc1cccc2nc(OC(N)=O)ccc12)C(F)(F)F. The Balaban J connectivity index is 1.91. The quantitative estimate of drug-likeness (QED) is 0.372. The zero-order chi connectivity index (χ0) is 26.0. The van der Waals surface area contributed by atoms with Crippen LogP contribution in [0.25, 0.3) is 10.9 Å². The molecule has 1 heterocycles. The maximum absolute atomic E-state index is 14.2. The average Bonchev–Trinajstić information content (AvgIpc) is 2.75. The molecule has 0 aliphatic rings. The Morgan fingerprint density at radius 2 is 1.89 bits per heavy atom. The van der Waals surface area contributed by atoms with Gasteiger partial charge in [-0.1, -0.05) is 37.6 Å². The van der Waals surface area contributed by atoms with Gasteiger partial charge in [-0.05, 0) is 47.7 Å². The molecule has 0 bridgehead atoms. The van der Waals surface area contributed by atoms with Gasteiger partial charge in [-0.25, -0.2) is 9.78 Å². The van der Waals surface area contributed by atoms with Crippen molar-refractivity contribution in [2.45, 2.75) is 37.5 Å². The topological polar surface area (TPSA) is 107 Å². The molecule has 3 aromatic rings. The fraction of sp³-hybridized carbons (Fsp3) is 0.333. The molecule has 2 aromatic carbocycles. The number of fused-ring (bicyclic) bond motifs is 1. The summed E-state index contributed by atoms with van der Waals surface area (Å²) in [4.78, 5) is 15.1. The van der Waals surface area contributed by atoms with E-state index >= 15 is 0 Å². The Morgan fingerprint density at radius 1 is 1.17 bits per heavy atom. The van der Waals surface area contributed by atoms with E-state index in [4.69, 9.17) is 26.8 Å². The summed E-state index contributed by atoms with van der Waals surface area (Å²) >= 11 is 6.00. The number of rotatable bonds is 8. The number of amides is 1. The summed E-state index contributed by atoms with van der Waals surface area (Å²) in [6.45, 7) is 2.36. The number of alkyl halides is 3. The Bertz CT molecular complexity index is 1240. The van der Waals surface area contributed by atoms with Gasteiger partial charge in [0.05, 0.1) is 19.2 Å². The lowest BCUT2D eigenvalue weighted by Gasteiger charge is -2.38. The highest BCUT2D eigenvalue weighted by Crippen LogP contribution is 2.44. The number of primary amides is 1. The van der Waals surface area contributed by atoms with Gasteiger partial charge < -0.3 is 25.6 Å². The summed E-state index contributed by atoms with van der Waals surface area (Å²) in [6, 6.07) is 12.3. The van der Waals surface area contributed by atoms with E-state index in [0.29, 0.717) is 32.9 Å². The first-order chi connectivity index (χ1) is 16.3. The van der Waals surface area contributed by atoms with E-state index < -0.39 is 36.3 Å². The molecule has 1 unspecified atom stereocenters. The van der Waals surface area contributed by atoms with Gasteiger partial charge in [0.25, 0.3) is 0 Å². The molecular weight excluding hydrogens is 487 g/mol. The van der Waals surface area contributed by atoms with E-state index in [-0.39, 0.29) is 5.88 Å². The summed E-state index contributed by atoms with van der Waals surface area (Å²) in [5, 5.41) is 14.5. The lowest BCUT2D eigenvalue weighted by Crippen LogP contribution is -2.53. The molecule has 1 aromatic heterocycles. The molecular formula is C24H25ClF3N3O4. The molecule has 0 saturated carbocycles. The third-order valence-electron chi connectivity index (χ3n) is 5.64. The number of hydrogen-bond acceptors (Lipinski definition) is 6. The van der Waals surface area contributed by atoms with Crippen molar-refractivity contribution in [1.29, 1.82) is 0 Å². The average molecular weight is 512 g/mol. The number of aromatic nitrogens is 1. The van der Waals surface area contributed by atoms with Gasteiger partial charge in [-0.3, -0.25) is 0 Å². The summed E-state index contributed by atoms with van der Waals surface area (Å²) in [7, 11) is 1.40. The van der Waals surface area contributed by atoms with E-state index in [9.17, 15) is 23.1 Å². The number of benzene rings is 2. The maximum atomic E-state index is 14.2. The highest BCUT2D eigenvalue weighted by molar-refractivity contribution is 6.30. The number of nitrogens with one attached hydrogen (secondary N) is 1. The lowest BCUT2D eigenvalue weighted by molar-refractivity contribution is -0.260. The Hall–Kier alpha value is -3.24. The lowest BCUT2D eigenvalue weighted by atomic mass is 9.74.